The normalized spacial score (nSPS) is 15.7. The molecular weight excluding hydrogens is 292 g/mol. The molecule has 21 heavy (non-hydrogen) atoms. The average Bonchev–Trinajstić information content (AvgIpc) is 2.76. The average molecular weight is 314 g/mol. The van der Waals surface area contributed by atoms with Crippen LogP contribution in [-0.4, -0.2) is 25.6 Å². The summed E-state index contributed by atoms with van der Waals surface area (Å²) in [6.45, 7) is 2.87. The number of nitrogens with zero attached hydrogens (tertiary/aromatic N) is 1. The maximum atomic E-state index is 12.1. The van der Waals surface area contributed by atoms with Gasteiger partial charge in [-0.2, -0.15) is 0 Å². The minimum atomic E-state index is -3.81. The van der Waals surface area contributed by atoms with Gasteiger partial charge >= 0.3 is 5.97 Å². The minimum absolute atomic E-state index is 0.0538. The number of hydrogen-bond donors (Lipinski definition) is 1. The van der Waals surface area contributed by atoms with E-state index in [-0.39, 0.29) is 10.6 Å². The molecule has 2 rings (SSSR count). The summed E-state index contributed by atoms with van der Waals surface area (Å²) in [5, 5.41) is 5.11. The SMILES string of the molecule is CCCn1cc(S(N)(=O)=O)cc1C(=O)OCCC1CCC1. The van der Waals surface area contributed by atoms with Gasteiger partial charge in [-0.1, -0.05) is 26.2 Å². The van der Waals surface area contributed by atoms with Gasteiger partial charge in [-0.15, -0.1) is 0 Å². The minimum Gasteiger partial charge on any atom is -0.461 e. The van der Waals surface area contributed by atoms with Crippen molar-refractivity contribution in [2.24, 2.45) is 11.1 Å². The molecule has 0 spiro atoms. The van der Waals surface area contributed by atoms with E-state index >= 15 is 0 Å². The summed E-state index contributed by atoms with van der Waals surface area (Å²) in [6, 6.07) is 1.29. The number of sulfonamides is 1. The molecule has 0 aliphatic heterocycles. The van der Waals surface area contributed by atoms with Crippen molar-refractivity contribution in [2.45, 2.75) is 50.5 Å². The van der Waals surface area contributed by atoms with Gasteiger partial charge in [0.2, 0.25) is 10.0 Å². The van der Waals surface area contributed by atoms with Gasteiger partial charge in [-0.3, -0.25) is 0 Å². The molecule has 0 unspecified atom stereocenters. The molecule has 1 aliphatic rings. The van der Waals surface area contributed by atoms with E-state index in [0.717, 1.165) is 12.8 Å². The fraction of sp³-hybridized carbons (Fsp3) is 0.643. The fourth-order valence-electron chi connectivity index (χ4n) is 2.41. The second-order valence-electron chi connectivity index (χ2n) is 5.52. The predicted octanol–water partition coefficient (Wildman–Crippen LogP) is 1.89. The monoisotopic (exact) mass is 314 g/mol. The number of carbonyl (C=O) groups excluding carboxylic acids is 1. The zero-order valence-corrected chi connectivity index (χ0v) is 13.1. The van der Waals surface area contributed by atoms with Crippen LogP contribution in [0.25, 0.3) is 0 Å². The number of ether oxygens (including phenoxy) is 1. The van der Waals surface area contributed by atoms with Crippen LogP contribution in [0.3, 0.4) is 0 Å². The van der Waals surface area contributed by atoms with Crippen molar-refractivity contribution < 1.29 is 17.9 Å². The van der Waals surface area contributed by atoms with Crippen LogP contribution in [0.2, 0.25) is 0 Å². The number of hydrogen-bond acceptors (Lipinski definition) is 4. The van der Waals surface area contributed by atoms with Crippen LogP contribution >= 0.6 is 0 Å². The van der Waals surface area contributed by atoms with Gasteiger partial charge in [0.1, 0.15) is 10.6 Å². The van der Waals surface area contributed by atoms with Gasteiger partial charge in [0.25, 0.3) is 0 Å². The van der Waals surface area contributed by atoms with Gasteiger partial charge < -0.3 is 9.30 Å². The predicted molar refractivity (Wildman–Crippen MR) is 78.3 cm³/mol. The van der Waals surface area contributed by atoms with Gasteiger partial charge in [-0.25, -0.2) is 18.4 Å². The van der Waals surface area contributed by atoms with Gasteiger partial charge in [0.05, 0.1) is 6.61 Å². The summed E-state index contributed by atoms with van der Waals surface area (Å²) >= 11 is 0. The van der Waals surface area contributed by atoms with E-state index in [2.05, 4.69) is 0 Å². The lowest BCUT2D eigenvalue weighted by atomic mass is 9.83. The third-order valence-corrected chi connectivity index (χ3v) is 4.74. The molecule has 1 aliphatic carbocycles. The third-order valence-electron chi connectivity index (χ3n) is 3.86. The van der Waals surface area contributed by atoms with E-state index in [9.17, 15) is 13.2 Å². The van der Waals surface area contributed by atoms with E-state index in [0.29, 0.717) is 19.1 Å². The largest absolute Gasteiger partial charge is 0.461 e. The molecule has 0 bridgehead atoms. The lowest BCUT2D eigenvalue weighted by molar-refractivity contribution is 0.0452. The van der Waals surface area contributed by atoms with E-state index in [1.165, 1.54) is 31.5 Å². The Labute approximate surface area is 125 Å². The molecule has 0 radical (unpaired) electrons. The summed E-state index contributed by atoms with van der Waals surface area (Å²) in [5.74, 6) is 0.179. The fourth-order valence-corrected chi connectivity index (χ4v) is 2.96. The highest BCUT2D eigenvalue weighted by Crippen LogP contribution is 2.29. The second-order valence-corrected chi connectivity index (χ2v) is 7.08. The second kappa shape index (κ2) is 6.62. The molecule has 1 fully saturated rings. The molecule has 0 saturated heterocycles. The van der Waals surface area contributed by atoms with Crippen LogP contribution in [0.1, 0.15) is 49.5 Å². The van der Waals surface area contributed by atoms with Crippen LogP contribution in [0.5, 0.6) is 0 Å². The van der Waals surface area contributed by atoms with E-state index in [4.69, 9.17) is 9.88 Å². The Morgan fingerprint density at radius 1 is 1.48 bits per heavy atom. The van der Waals surface area contributed by atoms with Crippen molar-refractivity contribution in [3.05, 3.63) is 18.0 Å². The lowest BCUT2D eigenvalue weighted by Crippen LogP contribution is -2.17. The van der Waals surface area contributed by atoms with Crippen LogP contribution in [0, 0.1) is 5.92 Å². The molecule has 2 N–H and O–H groups in total. The number of primary sulfonamides is 1. The Balaban J connectivity index is 2.04. The Morgan fingerprint density at radius 3 is 2.71 bits per heavy atom. The molecule has 6 nitrogen and oxygen atoms in total. The van der Waals surface area contributed by atoms with Crippen molar-refractivity contribution in [3.8, 4) is 0 Å². The van der Waals surface area contributed by atoms with E-state index in [1.54, 1.807) is 4.57 Å². The third kappa shape index (κ3) is 4.07. The summed E-state index contributed by atoms with van der Waals surface area (Å²) in [6.07, 6.45) is 6.72. The molecule has 0 atom stereocenters. The summed E-state index contributed by atoms with van der Waals surface area (Å²) in [5.41, 5.74) is 0.245. The zero-order valence-electron chi connectivity index (χ0n) is 12.2. The summed E-state index contributed by atoms with van der Waals surface area (Å²) < 4.78 is 29.6. The maximum absolute atomic E-state index is 12.1. The molecule has 0 amide bonds. The molecule has 118 valence electrons. The van der Waals surface area contributed by atoms with Crippen molar-refractivity contribution >= 4 is 16.0 Å². The first kappa shape index (κ1) is 16.0. The quantitative estimate of drug-likeness (QED) is 0.778. The smallest absolute Gasteiger partial charge is 0.354 e. The number of aromatic nitrogens is 1. The molecule has 0 aromatic carbocycles. The molecular formula is C14H22N2O4S. The number of rotatable bonds is 7. The Morgan fingerprint density at radius 2 is 2.19 bits per heavy atom. The summed E-state index contributed by atoms with van der Waals surface area (Å²) in [7, 11) is -3.81. The molecule has 1 aromatic heterocycles. The lowest BCUT2D eigenvalue weighted by Gasteiger charge is -2.24. The first-order valence-electron chi connectivity index (χ1n) is 7.32. The highest BCUT2D eigenvalue weighted by Gasteiger charge is 2.21. The highest BCUT2D eigenvalue weighted by molar-refractivity contribution is 7.89. The van der Waals surface area contributed by atoms with Gasteiger partial charge in [0, 0.05) is 12.7 Å². The van der Waals surface area contributed by atoms with Crippen LogP contribution < -0.4 is 5.14 Å². The maximum Gasteiger partial charge on any atom is 0.354 e. The van der Waals surface area contributed by atoms with E-state index < -0.39 is 16.0 Å². The van der Waals surface area contributed by atoms with Crippen molar-refractivity contribution in [1.82, 2.24) is 4.57 Å². The van der Waals surface area contributed by atoms with Crippen LogP contribution in [0.4, 0.5) is 0 Å². The molecule has 7 heteroatoms. The molecule has 1 heterocycles. The zero-order chi connectivity index (χ0) is 15.5. The number of nitrogens with two attached hydrogens (primary N) is 1. The number of aryl methyl sites for hydroxylation is 1. The first-order valence-corrected chi connectivity index (χ1v) is 8.86. The van der Waals surface area contributed by atoms with E-state index in [1.807, 2.05) is 6.92 Å². The highest BCUT2D eigenvalue weighted by atomic mass is 32.2. The topological polar surface area (TPSA) is 91.4 Å². The molecule has 1 aromatic rings. The Hall–Kier alpha value is -1.34. The van der Waals surface area contributed by atoms with Gasteiger partial charge in [-0.05, 0) is 24.8 Å². The van der Waals surface area contributed by atoms with Crippen LogP contribution in [0.15, 0.2) is 17.2 Å². The standard InChI is InChI=1S/C14H22N2O4S/c1-2-7-16-10-12(21(15,18)19)9-13(16)14(17)20-8-6-11-4-3-5-11/h9-11H,2-8H2,1H3,(H2,15,18,19). The summed E-state index contributed by atoms with van der Waals surface area (Å²) in [4.78, 5) is 12.0. The number of esters is 1. The van der Waals surface area contributed by atoms with Crippen LogP contribution in [-0.2, 0) is 21.3 Å². The molecule has 1 saturated carbocycles. The Bertz CT molecular complexity index is 602. The first-order chi connectivity index (χ1) is 9.91. The van der Waals surface area contributed by atoms with Gasteiger partial charge in [0.15, 0.2) is 0 Å². The van der Waals surface area contributed by atoms with Crippen molar-refractivity contribution in [3.63, 3.8) is 0 Å². The van der Waals surface area contributed by atoms with Crippen molar-refractivity contribution in [2.75, 3.05) is 6.61 Å². The number of carbonyl (C=O) groups is 1. The van der Waals surface area contributed by atoms with Crippen molar-refractivity contribution in [1.29, 1.82) is 0 Å². The Kier molecular flexibility index (Phi) is 5.05.